The number of nitroso groups, excluding NO2 is 1. The molecule has 0 aromatic carbocycles. The molecule has 0 N–H and O–H groups in total. The quantitative estimate of drug-likeness (QED) is 0.637. The Bertz CT molecular complexity index is 257. The van der Waals surface area contributed by atoms with Crippen molar-refractivity contribution in [1.82, 2.24) is 5.01 Å². The number of piperidine rings is 1. The molecule has 1 aliphatic carbocycles. The van der Waals surface area contributed by atoms with Crippen molar-refractivity contribution in [3.8, 4) is 0 Å². The molecule has 0 bridgehead atoms. The van der Waals surface area contributed by atoms with Crippen LogP contribution in [0, 0.1) is 22.2 Å². The van der Waals surface area contributed by atoms with Gasteiger partial charge in [0.05, 0.1) is 11.3 Å². The first-order valence-electron chi connectivity index (χ1n) is 6.64. The maximum absolute atomic E-state index is 11.0. The van der Waals surface area contributed by atoms with E-state index < -0.39 is 0 Å². The highest BCUT2D eigenvalue weighted by Crippen LogP contribution is 2.46. The van der Waals surface area contributed by atoms with E-state index in [0.29, 0.717) is 23.3 Å². The van der Waals surface area contributed by atoms with Crippen LogP contribution < -0.4 is 0 Å². The van der Waals surface area contributed by atoms with Gasteiger partial charge in [-0.3, -0.25) is 5.01 Å². The maximum atomic E-state index is 11.0. The van der Waals surface area contributed by atoms with Crippen LogP contribution in [0.4, 0.5) is 0 Å². The summed E-state index contributed by atoms with van der Waals surface area (Å²) in [6, 6.07) is 0.417. The van der Waals surface area contributed by atoms with Crippen molar-refractivity contribution in [2.45, 2.75) is 58.9 Å². The van der Waals surface area contributed by atoms with E-state index in [-0.39, 0.29) is 0 Å². The van der Waals surface area contributed by atoms with Gasteiger partial charge in [0.15, 0.2) is 0 Å². The molecule has 0 aromatic rings. The van der Waals surface area contributed by atoms with Crippen LogP contribution in [0.5, 0.6) is 0 Å². The minimum atomic E-state index is 0.295. The van der Waals surface area contributed by atoms with Crippen molar-refractivity contribution in [2.24, 2.45) is 22.5 Å². The standard InChI is InChI=1S/C13H24N2O/c1-13(2,3)11-8-4-6-10-7-5-9-15(14-16)12(10)11/h10-12H,4-9H2,1-3H3/t10-,11-,12-/m0/s1. The zero-order valence-corrected chi connectivity index (χ0v) is 10.8. The minimum Gasteiger partial charge on any atom is -0.257 e. The highest BCUT2D eigenvalue weighted by Gasteiger charge is 2.44. The second kappa shape index (κ2) is 4.34. The van der Waals surface area contributed by atoms with Gasteiger partial charge in [-0.15, -0.1) is 4.91 Å². The lowest BCUT2D eigenvalue weighted by Crippen LogP contribution is -2.52. The highest BCUT2D eigenvalue weighted by molar-refractivity contribution is 4.95. The van der Waals surface area contributed by atoms with E-state index in [0.717, 1.165) is 13.0 Å². The van der Waals surface area contributed by atoms with Crippen LogP contribution in [0.1, 0.15) is 52.9 Å². The lowest BCUT2D eigenvalue weighted by molar-refractivity contribution is -0.0230. The molecule has 2 aliphatic rings. The monoisotopic (exact) mass is 224 g/mol. The summed E-state index contributed by atoms with van der Waals surface area (Å²) in [5.74, 6) is 1.34. The average molecular weight is 224 g/mol. The van der Waals surface area contributed by atoms with Crippen molar-refractivity contribution in [1.29, 1.82) is 0 Å². The molecule has 16 heavy (non-hydrogen) atoms. The molecular formula is C13H24N2O. The van der Waals surface area contributed by atoms with Gasteiger partial charge in [0.2, 0.25) is 0 Å². The van der Waals surface area contributed by atoms with Gasteiger partial charge in [-0.05, 0) is 42.9 Å². The van der Waals surface area contributed by atoms with Crippen LogP contribution in [0.15, 0.2) is 5.29 Å². The third-order valence-electron chi connectivity index (χ3n) is 4.51. The summed E-state index contributed by atoms with van der Waals surface area (Å²) in [5.41, 5.74) is 0.295. The van der Waals surface area contributed by atoms with Crippen LogP contribution in [-0.2, 0) is 0 Å². The molecule has 0 unspecified atom stereocenters. The Morgan fingerprint density at radius 3 is 2.44 bits per heavy atom. The van der Waals surface area contributed by atoms with Crippen LogP contribution in [-0.4, -0.2) is 17.6 Å². The highest BCUT2D eigenvalue weighted by atomic mass is 16.3. The van der Waals surface area contributed by atoms with Gasteiger partial charge >= 0.3 is 0 Å². The van der Waals surface area contributed by atoms with E-state index in [4.69, 9.17) is 0 Å². The van der Waals surface area contributed by atoms with Crippen LogP contribution >= 0.6 is 0 Å². The van der Waals surface area contributed by atoms with Crippen LogP contribution in [0.25, 0.3) is 0 Å². The van der Waals surface area contributed by atoms with E-state index in [1.807, 2.05) is 5.01 Å². The van der Waals surface area contributed by atoms with Gasteiger partial charge in [0.1, 0.15) is 0 Å². The SMILES string of the molecule is CC(C)(C)[C@H]1CCC[C@H]2CCCN(N=O)[C@@H]21. The Morgan fingerprint density at radius 2 is 1.81 bits per heavy atom. The number of hydrogen-bond donors (Lipinski definition) is 0. The van der Waals surface area contributed by atoms with E-state index in [1.54, 1.807) is 0 Å². The molecule has 0 amide bonds. The maximum Gasteiger partial charge on any atom is 0.0563 e. The third kappa shape index (κ3) is 2.09. The normalized spacial score (nSPS) is 35.7. The topological polar surface area (TPSA) is 32.7 Å². The summed E-state index contributed by atoms with van der Waals surface area (Å²) in [7, 11) is 0. The number of rotatable bonds is 1. The van der Waals surface area contributed by atoms with Gasteiger partial charge < -0.3 is 0 Å². The second-order valence-corrected chi connectivity index (χ2v) is 6.54. The number of hydrogen-bond acceptors (Lipinski definition) is 2. The smallest absolute Gasteiger partial charge is 0.0563 e. The van der Waals surface area contributed by atoms with Crippen molar-refractivity contribution >= 4 is 0 Å². The lowest BCUT2D eigenvalue weighted by atomic mass is 9.64. The zero-order valence-electron chi connectivity index (χ0n) is 10.8. The van der Waals surface area contributed by atoms with Crippen LogP contribution in [0.2, 0.25) is 0 Å². The molecule has 0 aromatic heterocycles. The van der Waals surface area contributed by atoms with E-state index in [1.165, 1.54) is 25.7 Å². The predicted molar refractivity (Wildman–Crippen MR) is 65.8 cm³/mol. The summed E-state index contributed by atoms with van der Waals surface area (Å²) in [6.07, 6.45) is 6.32. The fourth-order valence-electron chi connectivity index (χ4n) is 3.74. The second-order valence-electron chi connectivity index (χ2n) is 6.54. The minimum absolute atomic E-state index is 0.295. The Balaban J connectivity index is 2.21. The first-order valence-corrected chi connectivity index (χ1v) is 6.64. The Hall–Kier alpha value is -0.600. The van der Waals surface area contributed by atoms with Crippen molar-refractivity contribution in [3.05, 3.63) is 4.91 Å². The van der Waals surface area contributed by atoms with Gasteiger partial charge in [-0.25, -0.2) is 0 Å². The Labute approximate surface area is 98.5 Å². The molecule has 1 heterocycles. The molecular weight excluding hydrogens is 200 g/mol. The van der Waals surface area contributed by atoms with Crippen molar-refractivity contribution < 1.29 is 0 Å². The van der Waals surface area contributed by atoms with E-state index >= 15 is 0 Å². The first kappa shape index (κ1) is 11.9. The van der Waals surface area contributed by atoms with Gasteiger partial charge in [-0.1, -0.05) is 27.2 Å². The molecule has 0 radical (unpaired) electrons. The molecule has 1 saturated heterocycles. The molecule has 2 fully saturated rings. The molecule has 0 spiro atoms. The lowest BCUT2D eigenvalue weighted by Gasteiger charge is -2.50. The van der Waals surface area contributed by atoms with E-state index in [9.17, 15) is 4.91 Å². The Kier molecular flexibility index (Phi) is 3.22. The van der Waals surface area contributed by atoms with Gasteiger partial charge in [0.25, 0.3) is 0 Å². The van der Waals surface area contributed by atoms with Crippen molar-refractivity contribution in [3.63, 3.8) is 0 Å². The predicted octanol–water partition coefficient (Wildman–Crippen LogP) is 3.59. The summed E-state index contributed by atoms with van der Waals surface area (Å²) >= 11 is 0. The fraction of sp³-hybridized carbons (Fsp3) is 1.00. The summed E-state index contributed by atoms with van der Waals surface area (Å²) < 4.78 is 0. The molecule has 92 valence electrons. The molecule has 3 heteroatoms. The third-order valence-corrected chi connectivity index (χ3v) is 4.51. The summed E-state index contributed by atoms with van der Waals surface area (Å²) in [5, 5.41) is 5.13. The molecule has 3 atom stereocenters. The zero-order chi connectivity index (χ0) is 11.8. The van der Waals surface area contributed by atoms with Crippen molar-refractivity contribution in [2.75, 3.05) is 6.54 Å². The molecule has 1 aliphatic heterocycles. The van der Waals surface area contributed by atoms with Gasteiger partial charge in [-0.2, -0.15) is 0 Å². The summed E-state index contributed by atoms with van der Waals surface area (Å²) in [4.78, 5) is 11.0. The number of nitrogens with zero attached hydrogens (tertiary/aromatic N) is 2. The number of fused-ring (bicyclic) bond motifs is 1. The molecule has 2 rings (SSSR count). The van der Waals surface area contributed by atoms with Crippen LogP contribution in [0.3, 0.4) is 0 Å². The Morgan fingerprint density at radius 1 is 1.12 bits per heavy atom. The molecule has 1 saturated carbocycles. The average Bonchev–Trinajstić information content (AvgIpc) is 2.26. The first-order chi connectivity index (χ1) is 7.54. The molecule has 3 nitrogen and oxygen atoms in total. The summed E-state index contributed by atoms with van der Waals surface area (Å²) in [6.45, 7) is 7.78. The van der Waals surface area contributed by atoms with Gasteiger partial charge in [0, 0.05) is 6.54 Å². The largest absolute Gasteiger partial charge is 0.257 e. The van der Waals surface area contributed by atoms with E-state index in [2.05, 4.69) is 26.1 Å². The fourth-order valence-corrected chi connectivity index (χ4v) is 3.74.